The van der Waals surface area contributed by atoms with Crippen molar-refractivity contribution in [2.75, 3.05) is 0 Å². The second kappa shape index (κ2) is 9.73. The molecule has 2 rings (SSSR count). The van der Waals surface area contributed by atoms with Gasteiger partial charge in [0.05, 0.1) is 6.10 Å². The Labute approximate surface area is 165 Å². The predicted octanol–water partition coefficient (Wildman–Crippen LogP) is 5.47. The standard InChI is InChI=1S/C24H38O3/c1-6-15(2)13-17(4)23-18(5)14-20-21(25)12-11-16(3)24(20)19(23)9-7-8-10-22(26)27/h7-10,13,15-16,18-21,23-25H,6,11-12,14H2,1-5H3,(H,26,27)/t15?,16-,18-,19+,20-,21-,23+,24-/m0/s1. The van der Waals surface area contributed by atoms with Crippen molar-refractivity contribution in [3.8, 4) is 0 Å². The minimum atomic E-state index is -0.916. The summed E-state index contributed by atoms with van der Waals surface area (Å²) < 4.78 is 0. The third-order valence-electron chi connectivity index (χ3n) is 7.08. The van der Waals surface area contributed by atoms with Crippen LogP contribution in [0.1, 0.15) is 60.3 Å². The highest BCUT2D eigenvalue weighted by Crippen LogP contribution is 2.53. The highest BCUT2D eigenvalue weighted by molar-refractivity contribution is 5.80. The van der Waals surface area contributed by atoms with E-state index in [2.05, 4.69) is 46.8 Å². The summed E-state index contributed by atoms with van der Waals surface area (Å²) in [5.41, 5.74) is 1.46. The fraction of sp³-hybridized carbons (Fsp3) is 0.708. The molecule has 2 N–H and O–H groups in total. The largest absolute Gasteiger partial charge is 0.478 e. The van der Waals surface area contributed by atoms with Crippen molar-refractivity contribution in [2.24, 2.45) is 41.4 Å². The van der Waals surface area contributed by atoms with Crippen LogP contribution < -0.4 is 0 Å². The molecule has 0 bridgehead atoms. The molecule has 27 heavy (non-hydrogen) atoms. The van der Waals surface area contributed by atoms with Crippen molar-refractivity contribution in [1.29, 1.82) is 0 Å². The van der Waals surface area contributed by atoms with Crippen LogP contribution in [-0.2, 0) is 4.79 Å². The first-order chi connectivity index (χ1) is 12.8. The number of aliphatic hydroxyl groups excluding tert-OH is 1. The Kier molecular flexibility index (Phi) is 7.91. The molecular weight excluding hydrogens is 336 g/mol. The number of aliphatic hydroxyl groups is 1. The van der Waals surface area contributed by atoms with Gasteiger partial charge in [0.1, 0.15) is 0 Å². The van der Waals surface area contributed by atoms with Crippen molar-refractivity contribution in [3.63, 3.8) is 0 Å². The Morgan fingerprint density at radius 3 is 2.52 bits per heavy atom. The minimum absolute atomic E-state index is 0.195. The van der Waals surface area contributed by atoms with Crippen molar-refractivity contribution in [1.82, 2.24) is 0 Å². The summed E-state index contributed by atoms with van der Waals surface area (Å²) in [6.45, 7) is 11.4. The van der Waals surface area contributed by atoms with Gasteiger partial charge in [0.25, 0.3) is 0 Å². The van der Waals surface area contributed by atoms with Crippen molar-refractivity contribution in [3.05, 3.63) is 36.0 Å². The Hall–Kier alpha value is -1.35. The van der Waals surface area contributed by atoms with Gasteiger partial charge in [-0.05, 0) is 67.6 Å². The summed E-state index contributed by atoms with van der Waals surface area (Å²) >= 11 is 0. The van der Waals surface area contributed by atoms with E-state index in [9.17, 15) is 9.90 Å². The van der Waals surface area contributed by atoms with Crippen molar-refractivity contribution < 1.29 is 15.0 Å². The molecule has 2 aliphatic rings. The molecule has 0 spiro atoms. The van der Waals surface area contributed by atoms with E-state index < -0.39 is 5.97 Å². The van der Waals surface area contributed by atoms with Crippen LogP contribution >= 0.6 is 0 Å². The number of rotatable bonds is 6. The van der Waals surface area contributed by atoms with Crippen LogP contribution in [-0.4, -0.2) is 22.3 Å². The first-order valence-electron chi connectivity index (χ1n) is 10.7. The number of carboxylic acid groups (broad SMARTS) is 1. The normalized spacial score (nSPS) is 38.9. The molecule has 2 saturated carbocycles. The van der Waals surface area contributed by atoms with Crippen LogP contribution in [0.3, 0.4) is 0 Å². The molecule has 0 saturated heterocycles. The maximum Gasteiger partial charge on any atom is 0.328 e. The lowest BCUT2D eigenvalue weighted by Gasteiger charge is -2.52. The van der Waals surface area contributed by atoms with Gasteiger partial charge in [-0.3, -0.25) is 0 Å². The Bertz CT molecular complexity index is 588. The van der Waals surface area contributed by atoms with Gasteiger partial charge in [0.2, 0.25) is 0 Å². The molecule has 3 nitrogen and oxygen atoms in total. The second-order valence-electron chi connectivity index (χ2n) is 9.06. The topological polar surface area (TPSA) is 57.5 Å². The molecule has 2 aliphatic carbocycles. The van der Waals surface area contributed by atoms with Gasteiger partial charge in [-0.15, -0.1) is 0 Å². The van der Waals surface area contributed by atoms with E-state index in [1.807, 2.05) is 6.08 Å². The average Bonchev–Trinajstić information content (AvgIpc) is 2.60. The fourth-order valence-electron chi connectivity index (χ4n) is 5.70. The number of aliphatic carboxylic acids is 1. The van der Waals surface area contributed by atoms with E-state index in [1.165, 1.54) is 11.6 Å². The Balaban J connectivity index is 2.39. The zero-order valence-electron chi connectivity index (χ0n) is 17.6. The van der Waals surface area contributed by atoms with E-state index in [0.29, 0.717) is 41.4 Å². The van der Waals surface area contributed by atoms with Crippen molar-refractivity contribution >= 4 is 5.97 Å². The number of hydrogen-bond donors (Lipinski definition) is 2. The molecule has 8 atom stereocenters. The number of allylic oxidation sites excluding steroid dienone is 5. The molecule has 0 radical (unpaired) electrons. The predicted molar refractivity (Wildman–Crippen MR) is 111 cm³/mol. The number of fused-ring (bicyclic) bond motifs is 1. The molecule has 0 heterocycles. The Morgan fingerprint density at radius 2 is 1.89 bits per heavy atom. The molecule has 2 fully saturated rings. The van der Waals surface area contributed by atoms with Crippen LogP contribution in [0.2, 0.25) is 0 Å². The third-order valence-corrected chi connectivity index (χ3v) is 7.08. The van der Waals surface area contributed by atoms with Crippen LogP contribution in [0.25, 0.3) is 0 Å². The monoisotopic (exact) mass is 374 g/mol. The molecule has 0 aromatic rings. The molecule has 0 aromatic carbocycles. The molecule has 0 aliphatic heterocycles. The zero-order valence-corrected chi connectivity index (χ0v) is 17.6. The van der Waals surface area contributed by atoms with E-state index in [4.69, 9.17) is 5.11 Å². The maximum absolute atomic E-state index is 10.8. The molecule has 152 valence electrons. The first kappa shape index (κ1) is 21.9. The lowest BCUT2D eigenvalue weighted by atomic mass is 9.53. The van der Waals surface area contributed by atoms with Gasteiger partial charge in [-0.2, -0.15) is 0 Å². The van der Waals surface area contributed by atoms with E-state index in [0.717, 1.165) is 25.7 Å². The highest BCUT2D eigenvalue weighted by Gasteiger charge is 2.48. The van der Waals surface area contributed by atoms with Gasteiger partial charge in [0, 0.05) is 6.08 Å². The summed E-state index contributed by atoms with van der Waals surface area (Å²) in [5, 5.41) is 19.5. The SMILES string of the molecule is CCC(C)C=C(C)[C@H]1[C@@H](C=CC=CC(=O)O)[C@H]2[C@@H](C[C@@H]1C)[C@@H](O)CC[C@@H]2C. The average molecular weight is 375 g/mol. The van der Waals surface area contributed by atoms with Gasteiger partial charge >= 0.3 is 5.97 Å². The minimum Gasteiger partial charge on any atom is -0.478 e. The van der Waals surface area contributed by atoms with Crippen LogP contribution in [0, 0.1) is 41.4 Å². The number of carboxylic acids is 1. The van der Waals surface area contributed by atoms with E-state index in [1.54, 1.807) is 6.08 Å². The van der Waals surface area contributed by atoms with E-state index >= 15 is 0 Å². The molecule has 3 heteroatoms. The molecule has 1 unspecified atom stereocenters. The second-order valence-corrected chi connectivity index (χ2v) is 9.06. The van der Waals surface area contributed by atoms with Crippen LogP contribution in [0.4, 0.5) is 0 Å². The quantitative estimate of drug-likeness (QED) is 0.368. The number of hydrogen-bond acceptors (Lipinski definition) is 2. The third kappa shape index (κ3) is 5.34. The van der Waals surface area contributed by atoms with Gasteiger partial charge in [-0.1, -0.05) is 64.0 Å². The first-order valence-corrected chi connectivity index (χ1v) is 10.7. The lowest BCUT2D eigenvalue weighted by Crippen LogP contribution is -2.48. The summed E-state index contributed by atoms with van der Waals surface area (Å²) in [6, 6.07) is 0. The van der Waals surface area contributed by atoms with Gasteiger partial charge in [0.15, 0.2) is 0 Å². The Morgan fingerprint density at radius 1 is 1.19 bits per heavy atom. The van der Waals surface area contributed by atoms with Crippen LogP contribution in [0.15, 0.2) is 36.0 Å². The van der Waals surface area contributed by atoms with E-state index in [-0.39, 0.29) is 6.10 Å². The zero-order chi connectivity index (χ0) is 20.1. The molecule has 0 amide bonds. The number of carbonyl (C=O) groups is 1. The summed E-state index contributed by atoms with van der Waals surface area (Å²) in [5.74, 6) is 2.39. The summed E-state index contributed by atoms with van der Waals surface area (Å²) in [7, 11) is 0. The molecular formula is C24H38O3. The lowest BCUT2D eigenvalue weighted by molar-refractivity contribution is -0.131. The van der Waals surface area contributed by atoms with Crippen LogP contribution in [0.5, 0.6) is 0 Å². The van der Waals surface area contributed by atoms with Gasteiger partial charge < -0.3 is 10.2 Å². The summed E-state index contributed by atoms with van der Waals surface area (Å²) in [4.78, 5) is 10.8. The molecule has 0 aromatic heterocycles. The maximum atomic E-state index is 10.8. The highest BCUT2D eigenvalue weighted by atomic mass is 16.4. The smallest absolute Gasteiger partial charge is 0.328 e. The summed E-state index contributed by atoms with van der Waals surface area (Å²) in [6.07, 6.45) is 13.4. The van der Waals surface area contributed by atoms with Gasteiger partial charge in [-0.25, -0.2) is 4.79 Å². The van der Waals surface area contributed by atoms with Crippen molar-refractivity contribution in [2.45, 2.75) is 66.4 Å². The fourth-order valence-corrected chi connectivity index (χ4v) is 5.70.